The maximum atomic E-state index is 12.5. The van der Waals surface area contributed by atoms with Gasteiger partial charge in [-0.3, -0.25) is 4.79 Å². The quantitative estimate of drug-likeness (QED) is 0.757. The van der Waals surface area contributed by atoms with Crippen molar-refractivity contribution in [3.05, 3.63) is 0 Å². The van der Waals surface area contributed by atoms with Crippen LogP contribution < -0.4 is 5.32 Å². The van der Waals surface area contributed by atoms with Gasteiger partial charge in [-0.15, -0.1) is 0 Å². The summed E-state index contributed by atoms with van der Waals surface area (Å²) >= 11 is 0. The first-order chi connectivity index (χ1) is 8.58. The lowest BCUT2D eigenvalue weighted by molar-refractivity contribution is -0.134. The minimum atomic E-state index is 0.344. The van der Waals surface area contributed by atoms with E-state index in [4.69, 9.17) is 0 Å². The Bertz CT molecular complexity index is 243. The van der Waals surface area contributed by atoms with Crippen LogP contribution in [-0.2, 0) is 4.79 Å². The lowest BCUT2D eigenvalue weighted by Crippen LogP contribution is -2.44. The van der Waals surface area contributed by atoms with Crippen LogP contribution in [0.3, 0.4) is 0 Å². The number of nitrogens with zero attached hydrogens (tertiary/aromatic N) is 1. The average molecular weight is 254 g/mol. The van der Waals surface area contributed by atoms with E-state index in [1.807, 2.05) is 0 Å². The molecule has 1 heterocycles. The highest BCUT2D eigenvalue weighted by Gasteiger charge is 2.25. The van der Waals surface area contributed by atoms with E-state index < -0.39 is 0 Å². The smallest absolute Gasteiger partial charge is 0.224 e. The third-order valence-electron chi connectivity index (χ3n) is 3.85. The molecule has 0 spiro atoms. The van der Waals surface area contributed by atoms with Crippen LogP contribution in [0.25, 0.3) is 0 Å². The molecule has 1 N–H and O–H groups in total. The van der Waals surface area contributed by atoms with Gasteiger partial charge in [-0.05, 0) is 38.1 Å². The fraction of sp³-hybridized carbons (Fsp3) is 0.933. The van der Waals surface area contributed by atoms with Gasteiger partial charge in [0.2, 0.25) is 5.91 Å². The maximum absolute atomic E-state index is 12.5. The van der Waals surface area contributed by atoms with Gasteiger partial charge in [0.05, 0.1) is 0 Å². The summed E-state index contributed by atoms with van der Waals surface area (Å²) in [6.07, 6.45) is 5.18. The molecule has 1 rings (SSSR count). The second kappa shape index (κ2) is 7.78. The van der Waals surface area contributed by atoms with Crippen molar-refractivity contribution in [3.8, 4) is 0 Å². The van der Waals surface area contributed by atoms with E-state index in [9.17, 15) is 4.79 Å². The predicted molar refractivity (Wildman–Crippen MR) is 76.6 cm³/mol. The highest BCUT2D eigenvalue weighted by Crippen LogP contribution is 2.16. The molecule has 1 saturated heterocycles. The fourth-order valence-electron chi connectivity index (χ4n) is 2.84. The summed E-state index contributed by atoms with van der Waals surface area (Å²) < 4.78 is 0. The Hall–Kier alpha value is -0.570. The van der Waals surface area contributed by atoms with Crippen LogP contribution in [0.4, 0.5) is 0 Å². The van der Waals surface area contributed by atoms with Gasteiger partial charge in [-0.2, -0.15) is 0 Å². The van der Waals surface area contributed by atoms with Gasteiger partial charge in [0, 0.05) is 25.0 Å². The molecule has 0 bridgehead atoms. The van der Waals surface area contributed by atoms with Gasteiger partial charge in [0.1, 0.15) is 0 Å². The van der Waals surface area contributed by atoms with E-state index in [-0.39, 0.29) is 0 Å². The lowest BCUT2D eigenvalue weighted by atomic mass is 10.0. The molecule has 0 aliphatic carbocycles. The Morgan fingerprint density at radius 2 is 2.00 bits per heavy atom. The Morgan fingerprint density at radius 1 is 1.33 bits per heavy atom. The summed E-state index contributed by atoms with van der Waals surface area (Å²) in [4.78, 5) is 14.6. The zero-order valence-corrected chi connectivity index (χ0v) is 12.5. The molecule has 1 atom stereocenters. The van der Waals surface area contributed by atoms with Gasteiger partial charge in [-0.25, -0.2) is 0 Å². The number of hydrogen-bond donors (Lipinski definition) is 1. The number of carbonyl (C=O) groups is 1. The standard InChI is InChI=1S/C15H30N2O/c1-5-14(6-2)17(11-12(3)4)15(18)10-13-8-7-9-16-13/h12-14,16H,5-11H2,1-4H3. The van der Waals surface area contributed by atoms with Crippen molar-refractivity contribution in [2.24, 2.45) is 5.92 Å². The van der Waals surface area contributed by atoms with Crippen molar-refractivity contribution >= 4 is 5.91 Å². The van der Waals surface area contributed by atoms with Gasteiger partial charge < -0.3 is 10.2 Å². The van der Waals surface area contributed by atoms with Crippen LogP contribution >= 0.6 is 0 Å². The van der Waals surface area contributed by atoms with Crippen LogP contribution in [-0.4, -0.2) is 36.0 Å². The highest BCUT2D eigenvalue weighted by atomic mass is 16.2. The minimum Gasteiger partial charge on any atom is -0.339 e. The third-order valence-corrected chi connectivity index (χ3v) is 3.85. The average Bonchev–Trinajstić information content (AvgIpc) is 2.81. The molecule has 0 aromatic carbocycles. The summed E-state index contributed by atoms with van der Waals surface area (Å²) in [5, 5.41) is 3.42. The molecule has 3 heteroatoms. The summed E-state index contributed by atoms with van der Waals surface area (Å²) in [5.74, 6) is 0.892. The number of rotatable bonds is 7. The van der Waals surface area contributed by atoms with Gasteiger partial charge in [0.25, 0.3) is 0 Å². The van der Waals surface area contributed by atoms with Crippen LogP contribution in [0, 0.1) is 5.92 Å². The molecule has 1 amide bonds. The van der Waals surface area contributed by atoms with Crippen LogP contribution in [0.1, 0.15) is 59.8 Å². The summed E-state index contributed by atoms with van der Waals surface area (Å²) in [7, 11) is 0. The Kier molecular flexibility index (Phi) is 6.69. The molecule has 0 aromatic rings. The second-order valence-corrected chi connectivity index (χ2v) is 5.91. The Balaban J connectivity index is 2.58. The summed E-state index contributed by atoms with van der Waals surface area (Å²) in [6.45, 7) is 10.7. The number of nitrogens with one attached hydrogen (secondary N) is 1. The fourth-order valence-corrected chi connectivity index (χ4v) is 2.84. The highest BCUT2D eigenvalue weighted by molar-refractivity contribution is 5.77. The van der Waals surface area contributed by atoms with Crippen molar-refractivity contribution in [2.75, 3.05) is 13.1 Å². The maximum Gasteiger partial charge on any atom is 0.224 e. The monoisotopic (exact) mass is 254 g/mol. The summed E-state index contributed by atoms with van der Waals surface area (Å²) in [5.41, 5.74) is 0. The Labute approximate surface area is 112 Å². The molecular weight excluding hydrogens is 224 g/mol. The lowest BCUT2D eigenvalue weighted by Gasteiger charge is -2.33. The molecule has 18 heavy (non-hydrogen) atoms. The third kappa shape index (κ3) is 4.60. The molecule has 1 aliphatic heterocycles. The normalized spacial score (nSPS) is 19.8. The largest absolute Gasteiger partial charge is 0.339 e. The van der Waals surface area contributed by atoms with Crippen LogP contribution in [0.5, 0.6) is 0 Å². The van der Waals surface area contributed by atoms with Crippen molar-refractivity contribution in [1.29, 1.82) is 0 Å². The zero-order valence-electron chi connectivity index (χ0n) is 12.5. The number of carbonyl (C=O) groups excluding carboxylic acids is 1. The predicted octanol–water partition coefficient (Wildman–Crippen LogP) is 2.80. The topological polar surface area (TPSA) is 32.3 Å². The molecule has 0 radical (unpaired) electrons. The molecule has 3 nitrogen and oxygen atoms in total. The second-order valence-electron chi connectivity index (χ2n) is 5.91. The zero-order chi connectivity index (χ0) is 13.5. The Morgan fingerprint density at radius 3 is 2.44 bits per heavy atom. The van der Waals surface area contributed by atoms with Gasteiger partial charge >= 0.3 is 0 Å². The van der Waals surface area contributed by atoms with Crippen molar-refractivity contribution in [1.82, 2.24) is 10.2 Å². The number of amides is 1. The van der Waals surface area contributed by atoms with E-state index in [1.54, 1.807) is 0 Å². The van der Waals surface area contributed by atoms with E-state index in [1.165, 1.54) is 6.42 Å². The van der Waals surface area contributed by atoms with Crippen molar-refractivity contribution in [3.63, 3.8) is 0 Å². The summed E-state index contributed by atoms with van der Waals surface area (Å²) in [6, 6.07) is 0.836. The number of hydrogen-bond acceptors (Lipinski definition) is 2. The van der Waals surface area contributed by atoms with Crippen molar-refractivity contribution in [2.45, 2.75) is 71.9 Å². The minimum absolute atomic E-state index is 0.344. The molecular formula is C15H30N2O. The molecule has 1 aliphatic rings. The van der Waals surface area contributed by atoms with E-state index in [0.29, 0.717) is 30.3 Å². The first kappa shape index (κ1) is 15.5. The van der Waals surface area contributed by atoms with E-state index in [2.05, 4.69) is 37.9 Å². The van der Waals surface area contributed by atoms with E-state index >= 15 is 0 Å². The molecule has 1 fully saturated rings. The first-order valence-electron chi connectivity index (χ1n) is 7.61. The van der Waals surface area contributed by atoms with Crippen LogP contribution in [0.2, 0.25) is 0 Å². The van der Waals surface area contributed by atoms with Crippen molar-refractivity contribution < 1.29 is 4.79 Å². The molecule has 0 aromatic heterocycles. The molecule has 0 saturated carbocycles. The molecule has 1 unspecified atom stereocenters. The first-order valence-corrected chi connectivity index (χ1v) is 7.61. The van der Waals surface area contributed by atoms with Gasteiger partial charge in [0.15, 0.2) is 0 Å². The van der Waals surface area contributed by atoms with Gasteiger partial charge in [-0.1, -0.05) is 27.7 Å². The van der Waals surface area contributed by atoms with Crippen LogP contribution in [0.15, 0.2) is 0 Å². The molecule has 106 valence electrons. The van der Waals surface area contributed by atoms with E-state index in [0.717, 1.165) is 32.4 Å². The SMILES string of the molecule is CCC(CC)N(CC(C)C)C(=O)CC1CCCN1.